The molecule has 0 saturated heterocycles. The second-order valence-corrected chi connectivity index (χ2v) is 12.9. The number of H-pyrrole nitrogens is 2. The molecule has 4 aromatic rings. The van der Waals surface area contributed by atoms with Crippen LogP contribution >= 0.6 is 0 Å². The van der Waals surface area contributed by atoms with Crippen LogP contribution in [0.4, 0.5) is 0 Å². The fourth-order valence-corrected chi connectivity index (χ4v) is 5.85. The van der Waals surface area contributed by atoms with Gasteiger partial charge in [-0.25, -0.2) is 4.98 Å². The Morgan fingerprint density at radius 3 is 2.10 bits per heavy atom. The lowest BCUT2D eigenvalue weighted by Gasteiger charge is -2.26. The number of para-hydroxylation sites is 1. The quantitative estimate of drug-likeness (QED) is 0.0356. The fraction of sp³-hybridized carbons (Fsp3) is 0.361. The number of hydrogen-bond acceptors (Lipinski definition) is 7. The topological polar surface area (TPSA) is 268 Å². The molecule has 2 aromatic heterocycles. The van der Waals surface area contributed by atoms with Crippen molar-refractivity contribution in [3.05, 3.63) is 90.1 Å². The van der Waals surface area contributed by atoms with Crippen LogP contribution in [0.3, 0.4) is 0 Å². The van der Waals surface area contributed by atoms with Gasteiger partial charge < -0.3 is 48.4 Å². The molecule has 16 nitrogen and oxygen atoms in total. The number of benzene rings is 2. The molecule has 1 aliphatic rings. The maximum atomic E-state index is 14.1. The monoisotopic (exact) mass is 711 g/mol. The summed E-state index contributed by atoms with van der Waals surface area (Å²) in [5, 5.41) is 12.0. The lowest BCUT2D eigenvalue weighted by molar-refractivity contribution is -0.134. The van der Waals surface area contributed by atoms with Crippen molar-refractivity contribution >= 4 is 46.4 Å². The number of hydrogen-bond donors (Lipinski definition) is 9. The summed E-state index contributed by atoms with van der Waals surface area (Å²) in [6, 6.07) is 12.2. The highest BCUT2D eigenvalue weighted by molar-refractivity contribution is 5.96. The van der Waals surface area contributed by atoms with Gasteiger partial charge in [0.05, 0.1) is 6.33 Å². The Kier molecular flexibility index (Phi) is 12.6. The molecule has 4 atom stereocenters. The smallest absolute Gasteiger partial charge is 0.243 e. The predicted molar refractivity (Wildman–Crippen MR) is 194 cm³/mol. The molecule has 0 radical (unpaired) electrons. The molecule has 16 heteroatoms. The van der Waals surface area contributed by atoms with Crippen LogP contribution in [0.1, 0.15) is 42.5 Å². The molecule has 1 aliphatic carbocycles. The van der Waals surface area contributed by atoms with Crippen LogP contribution in [-0.2, 0) is 43.2 Å². The summed E-state index contributed by atoms with van der Waals surface area (Å²) in [7, 11) is 0. The molecule has 2 heterocycles. The predicted octanol–water partition coefficient (Wildman–Crippen LogP) is -0.193. The Balaban J connectivity index is 1.35. The minimum absolute atomic E-state index is 0.0819. The summed E-state index contributed by atoms with van der Waals surface area (Å²) in [4.78, 5) is 81.1. The number of nitrogens with one attached hydrogen (secondary N) is 6. The van der Waals surface area contributed by atoms with Crippen LogP contribution in [0.2, 0.25) is 0 Å². The maximum absolute atomic E-state index is 14.1. The van der Waals surface area contributed by atoms with Crippen molar-refractivity contribution in [1.29, 1.82) is 0 Å². The molecule has 274 valence electrons. The van der Waals surface area contributed by atoms with Crippen molar-refractivity contribution in [2.24, 2.45) is 28.1 Å². The number of aliphatic imine (C=N–C) groups is 1. The number of guanidine groups is 1. The SMILES string of the molecule is NC(=O)[C@H](Cc1c[nH]c2ccccc12)NC(=O)[C@H](CCCN=C(N)N)NC(=O)[C@H](Cc1ccccc1)NC(=O)[C@H](Cc1cnc[nH]1)NC(=O)C1CC1. The molecular weight excluding hydrogens is 666 g/mol. The Labute approximate surface area is 300 Å². The van der Waals surface area contributed by atoms with Crippen molar-refractivity contribution in [3.8, 4) is 0 Å². The first-order chi connectivity index (χ1) is 25.1. The number of aromatic amines is 2. The van der Waals surface area contributed by atoms with Crippen LogP contribution in [0.25, 0.3) is 10.9 Å². The lowest BCUT2D eigenvalue weighted by atomic mass is 10.0. The summed E-state index contributed by atoms with van der Waals surface area (Å²) < 4.78 is 0. The molecule has 1 saturated carbocycles. The largest absolute Gasteiger partial charge is 0.370 e. The maximum Gasteiger partial charge on any atom is 0.243 e. The van der Waals surface area contributed by atoms with Gasteiger partial charge in [-0.05, 0) is 42.9 Å². The van der Waals surface area contributed by atoms with E-state index in [1.807, 2.05) is 42.5 Å². The minimum atomic E-state index is -1.16. The van der Waals surface area contributed by atoms with E-state index in [1.54, 1.807) is 24.5 Å². The van der Waals surface area contributed by atoms with Gasteiger partial charge >= 0.3 is 0 Å². The van der Waals surface area contributed by atoms with Gasteiger partial charge in [-0.3, -0.25) is 29.0 Å². The minimum Gasteiger partial charge on any atom is -0.370 e. The summed E-state index contributed by atoms with van der Waals surface area (Å²) in [5.74, 6) is -3.16. The number of fused-ring (bicyclic) bond motifs is 1. The molecule has 5 amide bonds. The lowest BCUT2D eigenvalue weighted by Crippen LogP contribution is -2.59. The van der Waals surface area contributed by atoms with Gasteiger partial charge in [0, 0.05) is 60.7 Å². The number of imidazole rings is 1. The standard InChI is InChI=1S/C36H45N11O5/c37-31(48)28(16-23-18-42-26-10-5-4-9-25(23)26)45-33(50)27(11-6-14-41-36(38)39)44-34(51)29(15-21-7-2-1-3-8-21)47-35(52)30(17-24-19-40-20-43-24)46-32(49)22-12-13-22/h1-5,7-10,18-20,22,27-30,42H,6,11-17H2,(H2,37,48)(H,40,43)(H,44,51)(H,45,50)(H,46,49)(H,47,52)(H4,38,39,41)/t27-,28-,29-,30-/m0/s1. The molecule has 0 spiro atoms. The molecular formula is C36H45N11O5. The number of rotatable bonds is 19. The third-order valence-corrected chi connectivity index (χ3v) is 8.81. The number of carbonyl (C=O) groups excluding carboxylic acids is 5. The van der Waals surface area contributed by atoms with E-state index in [4.69, 9.17) is 17.2 Å². The van der Waals surface area contributed by atoms with E-state index in [0.717, 1.165) is 34.9 Å². The van der Waals surface area contributed by atoms with Crippen molar-refractivity contribution in [1.82, 2.24) is 36.2 Å². The zero-order chi connectivity index (χ0) is 37.0. The second-order valence-electron chi connectivity index (χ2n) is 12.9. The van der Waals surface area contributed by atoms with Crippen molar-refractivity contribution in [2.75, 3.05) is 6.54 Å². The van der Waals surface area contributed by atoms with Crippen LogP contribution < -0.4 is 38.5 Å². The molecule has 52 heavy (non-hydrogen) atoms. The van der Waals surface area contributed by atoms with Gasteiger partial charge in [0.2, 0.25) is 29.5 Å². The third-order valence-electron chi connectivity index (χ3n) is 8.81. The van der Waals surface area contributed by atoms with Crippen LogP contribution in [0, 0.1) is 5.92 Å². The average molecular weight is 712 g/mol. The van der Waals surface area contributed by atoms with Gasteiger partial charge in [0.15, 0.2) is 5.96 Å². The van der Waals surface area contributed by atoms with Gasteiger partial charge in [0.25, 0.3) is 0 Å². The van der Waals surface area contributed by atoms with E-state index in [-0.39, 0.29) is 50.0 Å². The van der Waals surface area contributed by atoms with E-state index in [0.29, 0.717) is 12.1 Å². The Morgan fingerprint density at radius 2 is 1.42 bits per heavy atom. The summed E-state index contributed by atoms with van der Waals surface area (Å²) in [6.07, 6.45) is 6.98. The summed E-state index contributed by atoms with van der Waals surface area (Å²) in [5.41, 5.74) is 19.7. The first-order valence-electron chi connectivity index (χ1n) is 17.2. The molecule has 2 aromatic carbocycles. The highest BCUT2D eigenvalue weighted by atomic mass is 16.2. The van der Waals surface area contributed by atoms with Crippen molar-refractivity contribution in [2.45, 2.75) is 69.1 Å². The number of carbonyl (C=O) groups is 5. The number of nitrogens with zero attached hydrogens (tertiary/aromatic N) is 2. The molecule has 5 rings (SSSR count). The second kappa shape index (κ2) is 17.6. The van der Waals surface area contributed by atoms with Gasteiger partial charge in [0.1, 0.15) is 24.2 Å². The summed E-state index contributed by atoms with van der Waals surface area (Å²) >= 11 is 0. The first-order valence-corrected chi connectivity index (χ1v) is 17.2. The number of aromatic nitrogens is 3. The Bertz CT molecular complexity index is 1870. The van der Waals surface area contributed by atoms with Gasteiger partial charge in [-0.15, -0.1) is 0 Å². The molecule has 1 fully saturated rings. The molecule has 0 aliphatic heterocycles. The van der Waals surface area contributed by atoms with Crippen molar-refractivity contribution < 1.29 is 24.0 Å². The van der Waals surface area contributed by atoms with Crippen LogP contribution in [0.5, 0.6) is 0 Å². The zero-order valence-electron chi connectivity index (χ0n) is 28.6. The highest BCUT2D eigenvalue weighted by Gasteiger charge is 2.35. The molecule has 0 bridgehead atoms. The summed E-state index contributed by atoms with van der Waals surface area (Å²) in [6.45, 7) is 0.177. The van der Waals surface area contributed by atoms with E-state index in [9.17, 15) is 24.0 Å². The highest BCUT2D eigenvalue weighted by Crippen LogP contribution is 2.29. The Hall–Kier alpha value is -6.19. The van der Waals surface area contributed by atoms with Gasteiger partial charge in [-0.1, -0.05) is 48.5 Å². The van der Waals surface area contributed by atoms with E-state index in [1.165, 1.54) is 6.33 Å². The number of primary amides is 1. The number of amides is 5. The van der Waals surface area contributed by atoms with Crippen LogP contribution in [-0.4, -0.2) is 81.2 Å². The van der Waals surface area contributed by atoms with E-state index < -0.39 is 47.8 Å². The Morgan fingerprint density at radius 1 is 0.769 bits per heavy atom. The third kappa shape index (κ3) is 10.7. The number of nitrogens with two attached hydrogens (primary N) is 3. The molecule has 12 N–H and O–H groups in total. The average Bonchev–Trinajstić information content (AvgIpc) is 3.71. The van der Waals surface area contributed by atoms with E-state index in [2.05, 4.69) is 41.2 Å². The van der Waals surface area contributed by atoms with Crippen molar-refractivity contribution in [3.63, 3.8) is 0 Å². The van der Waals surface area contributed by atoms with Crippen LogP contribution in [0.15, 0.2) is 78.3 Å². The fourth-order valence-electron chi connectivity index (χ4n) is 5.85. The normalized spacial score (nSPS) is 14.7. The van der Waals surface area contributed by atoms with E-state index >= 15 is 0 Å². The zero-order valence-corrected chi connectivity index (χ0v) is 28.6. The van der Waals surface area contributed by atoms with Gasteiger partial charge in [-0.2, -0.15) is 0 Å². The first kappa shape index (κ1) is 37.1. The molecule has 0 unspecified atom stereocenters.